The molecule has 0 unspecified atom stereocenters. The van der Waals surface area contributed by atoms with Crippen LogP contribution in [0.4, 0.5) is 0 Å². The van der Waals surface area contributed by atoms with Crippen LogP contribution in [0.15, 0.2) is 24.5 Å². The summed E-state index contributed by atoms with van der Waals surface area (Å²) < 4.78 is 32.4. The Labute approximate surface area is 100.0 Å². The number of hydrogen-bond donors (Lipinski definition) is 0. The van der Waals surface area contributed by atoms with Crippen molar-refractivity contribution in [3.63, 3.8) is 0 Å². The van der Waals surface area contributed by atoms with E-state index >= 15 is 0 Å². The third-order valence-electron chi connectivity index (χ3n) is 1.48. The van der Waals surface area contributed by atoms with Gasteiger partial charge in [0.15, 0.2) is 0 Å². The van der Waals surface area contributed by atoms with Gasteiger partial charge in [0.05, 0.1) is 10.1 Å². The molecule has 0 fully saturated rings. The molecule has 0 saturated carbocycles. The molecule has 0 bridgehead atoms. The van der Waals surface area contributed by atoms with Crippen LogP contribution in [-0.4, -0.2) is 23.3 Å². The van der Waals surface area contributed by atoms with Crippen molar-refractivity contribution in [1.82, 2.24) is 4.57 Å². The summed E-state index contributed by atoms with van der Waals surface area (Å²) in [5.41, 5.74) is 0. The predicted octanol–water partition coefficient (Wildman–Crippen LogP) is -2.57. The van der Waals surface area contributed by atoms with Crippen molar-refractivity contribution in [2.75, 3.05) is 5.75 Å². The smallest absolute Gasteiger partial charge is 0.748 e. The molecular formula is C7H10NNaO3S. The summed E-state index contributed by atoms with van der Waals surface area (Å²) in [5.74, 6) is -0.287. The van der Waals surface area contributed by atoms with Gasteiger partial charge in [0.1, 0.15) is 0 Å². The second kappa shape index (κ2) is 5.82. The van der Waals surface area contributed by atoms with Crippen molar-refractivity contribution in [2.24, 2.45) is 0 Å². The van der Waals surface area contributed by atoms with Gasteiger partial charge < -0.3 is 9.12 Å². The molecule has 0 aromatic carbocycles. The molecular weight excluding hydrogens is 201 g/mol. The molecule has 0 amide bonds. The van der Waals surface area contributed by atoms with Gasteiger partial charge in [-0.05, 0) is 18.6 Å². The van der Waals surface area contributed by atoms with E-state index in [9.17, 15) is 13.0 Å². The quantitative estimate of drug-likeness (QED) is 0.406. The van der Waals surface area contributed by atoms with Crippen molar-refractivity contribution in [1.29, 1.82) is 0 Å². The van der Waals surface area contributed by atoms with Gasteiger partial charge in [-0.2, -0.15) is 0 Å². The zero-order valence-corrected chi connectivity index (χ0v) is 10.3. The Morgan fingerprint density at radius 1 is 1.23 bits per heavy atom. The molecule has 0 N–H and O–H groups in total. The van der Waals surface area contributed by atoms with E-state index in [4.69, 9.17) is 0 Å². The van der Waals surface area contributed by atoms with Crippen LogP contribution < -0.4 is 29.6 Å². The number of aromatic nitrogens is 1. The number of aryl methyl sites for hydroxylation is 1. The minimum Gasteiger partial charge on any atom is -0.748 e. The van der Waals surface area contributed by atoms with Crippen LogP contribution in [0.3, 0.4) is 0 Å². The van der Waals surface area contributed by atoms with Crippen molar-refractivity contribution in [2.45, 2.75) is 13.0 Å². The van der Waals surface area contributed by atoms with E-state index in [2.05, 4.69) is 0 Å². The molecule has 1 aromatic heterocycles. The van der Waals surface area contributed by atoms with Crippen LogP contribution in [0.2, 0.25) is 0 Å². The standard InChI is InChI=1S/C7H11NO3S.Na/c9-12(10,11)7-3-6-8-4-1-2-5-8;/h1-2,4-5H,3,6-7H2,(H,9,10,11);/q;+1/p-1. The van der Waals surface area contributed by atoms with Crippen LogP contribution in [0.25, 0.3) is 0 Å². The Kier molecular flexibility index (Phi) is 5.91. The monoisotopic (exact) mass is 211 g/mol. The molecule has 0 aliphatic carbocycles. The second-order valence-corrected chi connectivity index (χ2v) is 4.06. The molecule has 1 rings (SSSR count). The fourth-order valence-electron chi connectivity index (χ4n) is 0.943. The average Bonchev–Trinajstić information content (AvgIpc) is 2.36. The van der Waals surface area contributed by atoms with Crippen molar-refractivity contribution < 1.29 is 42.5 Å². The van der Waals surface area contributed by atoms with E-state index in [1.54, 1.807) is 0 Å². The van der Waals surface area contributed by atoms with Gasteiger partial charge in [-0.3, -0.25) is 0 Å². The van der Waals surface area contributed by atoms with Gasteiger partial charge >= 0.3 is 29.6 Å². The molecule has 1 aromatic rings. The zero-order chi connectivity index (χ0) is 9.03. The third-order valence-corrected chi connectivity index (χ3v) is 2.27. The predicted molar refractivity (Wildman–Crippen MR) is 43.6 cm³/mol. The molecule has 0 aliphatic rings. The van der Waals surface area contributed by atoms with E-state index in [0.29, 0.717) is 13.0 Å². The molecule has 6 heteroatoms. The Morgan fingerprint density at radius 2 is 1.77 bits per heavy atom. The summed E-state index contributed by atoms with van der Waals surface area (Å²) in [6.07, 6.45) is 4.04. The maximum Gasteiger partial charge on any atom is 1.00 e. The van der Waals surface area contributed by atoms with E-state index in [1.807, 2.05) is 29.1 Å². The molecule has 1 heterocycles. The van der Waals surface area contributed by atoms with Crippen molar-refractivity contribution >= 4 is 10.1 Å². The summed E-state index contributed by atoms with van der Waals surface area (Å²) in [4.78, 5) is 0. The zero-order valence-electron chi connectivity index (χ0n) is 7.51. The van der Waals surface area contributed by atoms with Crippen LogP contribution >= 0.6 is 0 Å². The fraction of sp³-hybridized carbons (Fsp3) is 0.429. The van der Waals surface area contributed by atoms with Crippen LogP contribution in [0.1, 0.15) is 6.42 Å². The minimum absolute atomic E-state index is 0. The molecule has 68 valence electrons. The summed E-state index contributed by atoms with van der Waals surface area (Å²) in [6.45, 7) is 0.578. The molecule has 0 radical (unpaired) electrons. The fourth-order valence-corrected chi connectivity index (χ4v) is 1.43. The van der Waals surface area contributed by atoms with E-state index in [0.717, 1.165) is 0 Å². The summed E-state index contributed by atoms with van der Waals surface area (Å²) >= 11 is 0. The normalized spacial score (nSPS) is 10.8. The van der Waals surface area contributed by atoms with Crippen molar-refractivity contribution in [3.8, 4) is 0 Å². The molecule has 0 spiro atoms. The third kappa shape index (κ3) is 6.29. The molecule has 4 nitrogen and oxygen atoms in total. The minimum atomic E-state index is -4.04. The number of rotatable bonds is 4. The van der Waals surface area contributed by atoms with Crippen molar-refractivity contribution in [3.05, 3.63) is 24.5 Å². The Hall–Kier alpha value is 0.190. The number of nitrogens with zero attached hydrogens (tertiary/aromatic N) is 1. The first-order chi connectivity index (χ1) is 5.58. The topological polar surface area (TPSA) is 62.1 Å². The molecule has 13 heavy (non-hydrogen) atoms. The van der Waals surface area contributed by atoms with E-state index < -0.39 is 10.1 Å². The van der Waals surface area contributed by atoms with Crippen LogP contribution in [0, 0.1) is 0 Å². The van der Waals surface area contributed by atoms with Gasteiger partial charge in [0.25, 0.3) is 0 Å². The first-order valence-electron chi connectivity index (χ1n) is 3.62. The maximum absolute atomic E-state index is 10.2. The average molecular weight is 211 g/mol. The van der Waals surface area contributed by atoms with E-state index in [-0.39, 0.29) is 35.3 Å². The molecule has 0 atom stereocenters. The first kappa shape index (κ1) is 13.2. The Bertz CT molecular complexity index is 320. The Morgan fingerprint density at radius 3 is 2.23 bits per heavy atom. The summed E-state index contributed by atoms with van der Waals surface area (Å²) in [6, 6.07) is 3.71. The molecule has 0 saturated heterocycles. The van der Waals surface area contributed by atoms with E-state index in [1.165, 1.54) is 0 Å². The van der Waals surface area contributed by atoms with Gasteiger partial charge in [-0.25, -0.2) is 8.42 Å². The van der Waals surface area contributed by atoms with Gasteiger partial charge in [-0.15, -0.1) is 0 Å². The molecule has 0 aliphatic heterocycles. The summed E-state index contributed by atoms with van der Waals surface area (Å²) in [7, 11) is -4.04. The number of hydrogen-bond acceptors (Lipinski definition) is 3. The maximum atomic E-state index is 10.2. The van der Waals surface area contributed by atoms with Crippen LogP contribution in [-0.2, 0) is 16.7 Å². The van der Waals surface area contributed by atoms with Gasteiger partial charge in [0.2, 0.25) is 0 Å². The first-order valence-corrected chi connectivity index (χ1v) is 5.20. The Balaban J connectivity index is 0.00000144. The second-order valence-electron chi connectivity index (χ2n) is 2.54. The van der Waals surface area contributed by atoms with Gasteiger partial charge in [-0.1, -0.05) is 0 Å². The SMILES string of the molecule is O=S(=O)([O-])CCCn1cccc1.[Na+]. The summed E-state index contributed by atoms with van der Waals surface area (Å²) in [5, 5.41) is 0. The largest absolute Gasteiger partial charge is 1.00 e. The van der Waals surface area contributed by atoms with Gasteiger partial charge in [0, 0.05) is 24.7 Å². The van der Waals surface area contributed by atoms with Crippen LogP contribution in [0.5, 0.6) is 0 Å².